The molecule has 0 atom stereocenters. The normalized spacial score (nSPS) is 12.8. The third-order valence-corrected chi connectivity index (χ3v) is 3.66. The van der Waals surface area contributed by atoms with Gasteiger partial charge in [-0.2, -0.15) is 0 Å². The lowest BCUT2D eigenvalue weighted by Gasteiger charge is -2.11. The van der Waals surface area contributed by atoms with E-state index in [1.165, 1.54) is 0 Å². The number of primary sulfonamides is 1. The maximum atomic E-state index is 11.5. The first-order valence-corrected chi connectivity index (χ1v) is 7.32. The van der Waals surface area contributed by atoms with Crippen molar-refractivity contribution in [1.82, 2.24) is 0 Å². The van der Waals surface area contributed by atoms with Crippen molar-refractivity contribution < 1.29 is 8.42 Å². The van der Waals surface area contributed by atoms with E-state index in [1.807, 2.05) is 25.1 Å². The molecule has 1 aromatic rings. The highest BCUT2D eigenvalue weighted by atomic mass is 32.2. The van der Waals surface area contributed by atoms with Gasteiger partial charge in [-0.15, -0.1) is 0 Å². The molecule has 94 valence electrons. The van der Waals surface area contributed by atoms with Gasteiger partial charge in [0, 0.05) is 0 Å². The highest BCUT2D eigenvalue weighted by molar-refractivity contribution is 7.89. The summed E-state index contributed by atoms with van der Waals surface area (Å²) in [6.45, 7) is 4.03. The number of hydrogen-bond acceptors (Lipinski definition) is 2. The van der Waals surface area contributed by atoms with Gasteiger partial charge in [-0.05, 0) is 37.0 Å². The zero-order valence-corrected chi connectivity index (χ0v) is 11.1. The molecule has 0 saturated heterocycles. The van der Waals surface area contributed by atoms with E-state index in [0.29, 0.717) is 0 Å². The second kappa shape index (κ2) is 5.98. The Morgan fingerprint density at radius 3 is 2.53 bits per heavy atom. The third-order valence-electron chi connectivity index (χ3n) is 2.69. The van der Waals surface area contributed by atoms with Crippen molar-refractivity contribution in [2.75, 3.05) is 0 Å². The zero-order valence-electron chi connectivity index (χ0n) is 10.3. The number of nitrogens with two attached hydrogens (primary N) is 1. The molecule has 0 fully saturated rings. The lowest BCUT2D eigenvalue weighted by Crippen LogP contribution is -2.14. The molecule has 0 aliphatic rings. The van der Waals surface area contributed by atoms with Gasteiger partial charge in [0.15, 0.2) is 0 Å². The topological polar surface area (TPSA) is 60.2 Å². The fourth-order valence-electron chi connectivity index (χ4n) is 1.78. The molecule has 0 bridgehead atoms. The second-order valence-electron chi connectivity index (χ2n) is 3.96. The molecule has 4 heteroatoms. The smallest absolute Gasteiger partial charge is 0.225 e. The van der Waals surface area contributed by atoms with E-state index >= 15 is 0 Å². The summed E-state index contributed by atoms with van der Waals surface area (Å²) in [7, 11) is -3.65. The Balaban J connectivity index is 3.21. The molecule has 0 aliphatic carbocycles. The predicted octanol–water partition coefficient (Wildman–Crippen LogP) is 2.93. The SMILES string of the molecule is CC=C(CCCC)c1ccccc1S(N)(=O)=O. The van der Waals surface area contributed by atoms with E-state index in [0.717, 1.165) is 30.4 Å². The first-order chi connectivity index (χ1) is 8.00. The average Bonchev–Trinajstić information content (AvgIpc) is 2.29. The molecule has 2 N–H and O–H groups in total. The van der Waals surface area contributed by atoms with E-state index in [2.05, 4.69) is 6.92 Å². The highest BCUT2D eigenvalue weighted by Crippen LogP contribution is 2.26. The molecule has 0 saturated carbocycles. The van der Waals surface area contributed by atoms with Crippen LogP contribution in [0.3, 0.4) is 0 Å². The van der Waals surface area contributed by atoms with E-state index in [1.54, 1.807) is 12.1 Å². The molecule has 0 heterocycles. The minimum atomic E-state index is -3.65. The number of allylic oxidation sites excluding steroid dienone is 2. The Kier molecular flexibility index (Phi) is 4.90. The minimum Gasteiger partial charge on any atom is -0.225 e. The van der Waals surface area contributed by atoms with Gasteiger partial charge in [-0.3, -0.25) is 0 Å². The summed E-state index contributed by atoms with van der Waals surface area (Å²) in [5.41, 5.74) is 1.77. The largest absolute Gasteiger partial charge is 0.238 e. The van der Waals surface area contributed by atoms with Crippen LogP contribution < -0.4 is 5.14 Å². The van der Waals surface area contributed by atoms with Crippen LogP contribution in [0.1, 0.15) is 38.7 Å². The van der Waals surface area contributed by atoms with Crippen molar-refractivity contribution >= 4 is 15.6 Å². The lowest BCUT2D eigenvalue weighted by atomic mass is 10.0. The van der Waals surface area contributed by atoms with E-state index in [-0.39, 0.29) is 4.90 Å². The summed E-state index contributed by atoms with van der Waals surface area (Å²) in [6, 6.07) is 6.89. The maximum absolute atomic E-state index is 11.5. The highest BCUT2D eigenvalue weighted by Gasteiger charge is 2.15. The van der Waals surface area contributed by atoms with Crippen LogP contribution in [0.5, 0.6) is 0 Å². The Morgan fingerprint density at radius 2 is 2.00 bits per heavy atom. The second-order valence-corrected chi connectivity index (χ2v) is 5.49. The molecule has 1 rings (SSSR count). The molecule has 0 radical (unpaired) electrons. The monoisotopic (exact) mass is 253 g/mol. The molecule has 0 unspecified atom stereocenters. The van der Waals surface area contributed by atoms with E-state index < -0.39 is 10.0 Å². The molecule has 0 spiro atoms. The van der Waals surface area contributed by atoms with Gasteiger partial charge < -0.3 is 0 Å². The molecule has 0 aliphatic heterocycles. The number of benzene rings is 1. The van der Waals surface area contributed by atoms with E-state index in [9.17, 15) is 8.42 Å². The lowest BCUT2D eigenvalue weighted by molar-refractivity contribution is 0.597. The third kappa shape index (κ3) is 3.68. The summed E-state index contributed by atoms with van der Waals surface area (Å²) in [5.74, 6) is 0. The van der Waals surface area contributed by atoms with Crippen molar-refractivity contribution in [2.45, 2.75) is 38.0 Å². The Hall–Kier alpha value is -1.13. The van der Waals surface area contributed by atoms with Gasteiger partial charge >= 0.3 is 0 Å². The summed E-state index contributed by atoms with van der Waals surface area (Å²) in [4.78, 5) is 0.212. The van der Waals surface area contributed by atoms with Gasteiger partial charge in [0.25, 0.3) is 0 Å². The van der Waals surface area contributed by atoms with E-state index in [4.69, 9.17) is 5.14 Å². The molecule has 17 heavy (non-hydrogen) atoms. The summed E-state index contributed by atoms with van der Waals surface area (Å²) < 4.78 is 23.0. The van der Waals surface area contributed by atoms with Crippen LogP contribution in [0, 0.1) is 0 Å². The first kappa shape index (κ1) is 13.9. The van der Waals surface area contributed by atoms with Crippen LogP contribution in [-0.4, -0.2) is 8.42 Å². The van der Waals surface area contributed by atoms with Crippen LogP contribution in [0.4, 0.5) is 0 Å². The van der Waals surface area contributed by atoms with Crippen LogP contribution >= 0.6 is 0 Å². The number of sulfonamides is 1. The van der Waals surface area contributed by atoms with Gasteiger partial charge in [-0.25, -0.2) is 13.6 Å². The van der Waals surface area contributed by atoms with Gasteiger partial charge in [0.1, 0.15) is 0 Å². The maximum Gasteiger partial charge on any atom is 0.238 e. The van der Waals surface area contributed by atoms with Crippen molar-refractivity contribution in [2.24, 2.45) is 5.14 Å². The Morgan fingerprint density at radius 1 is 1.35 bits per heavy atom. The van der Waals surface area contributed by atoms with Crippen molar-refractivity contribution in [3.05, 3.63) is 35.9 Å². The fourth-order valence-corrected chi connectivity index (χ4v) is 2.56. The fraction of sp³-hybridized carbons (Fsp3) is 0.385. The molecular formula is C13H19NO2S. The molecular weight excluding hydrogens is 234 g/mol. The van der Waals surface area contributed by atoms with Crippen molar-refractivity contribution in [1.29, 1.82) is 0 Å². The standard InChI is InChI=1S/C13H19NO2S/c1-3-5-8-11(4-2)12-9-6-7-10-13(12)17(14,15)16/h4,6-7,9-10H,3,5,8H2,1-2H3,(H2,14,15,16). The predicted molar refractivity (Wildman–Crippen MR) is 71.0 cm³/mol. The summed E-state index contributed by atoms with van der Waals surface area (Å²) in [6.07, 6.45) is 4.95. The molecule has 0 amide bonds. The van der Waals surface area contributed by atoms with Crippen LogP contribution in [-0.2, 0) is 10.0 Å². The van der Waals surface area contributed by atoms with Crippen molar-refractivity contribution in [3.63, 3.8) is 0 Å². The molecule has 0 aromatic heterocycles. The van der Waals surface area contributed by atoms with Gasteiger partial charge in [-0.1, -0.05) is 37.6 Å². The first-order valence-electron chi connectivity index (χ1n) is 5.78. The summed E-state index contributed by atoms with van der Waals surface area (Å²) in [5, 5.41) is 5.22. The zero-order chi connectivity index (χ0) is 12.9. The van der Waals surface area contributed by atoms with Crippen LogP contribution in [0.25, 0.3) is 5.57 Å². The number of hydrogen-bond donors (Lipinski definition) is 1. The Labute approximate surface area is 103 Å². The van der Waals surface area contributed by atoms with Crippen molar-refractivity contribution in [3.8, 4) is 0 Å². The van der Waals surface area contributed by atoms with Gasteiger partial charge in [0.05, 0.1) is 4.90 Å². The van der Waals surface area contributed by atoms with Crippen LogP contribution in [0.15, 0.2) is 35.2 Å². The minimum absolute atomic E-state index is 0.212. The van der Waals surface area contributed by atoms with Gasteiger partial charge in [0.2, 0.25) is 10.0 Å². The number of rotatable bonds is 5. The number of unbranched alkanes of at least 4 members (excludes halogenated alkanes) is 1. The summed E-state index contributed by atoms with van der Waals surface area (Å²) >= 11 is 0. The Bertz CT molecular complexity index is 504. The molecule has 1 aromatic carbocycles. The quantitative estimate of drug-likeness (QED) is 0.877. The van der Waals surface area contributed by atoms with Crippen LogP contribution in [0.2, 0.25) is 0 Å². The average molecular weight is 253 g/mol. The molecule has 3 nitrogen and oxygen atoms in total.